The number of hydrogen-bond acceptors (Lipinski definition) is 3. The normalized spacial score (nSPS) is 11.5. The first kappa shape index (κ1) is 22.1. The molecule has 3 rings (SSSR count). The summed E-state index contributed by atoms with van der Waals surface area (Å²) in [5.74, 6) is -1.05. The maximum absolute atomic E-state index is 12.8. The molecule has 3 N–H and O–H groups in total. The minimum absolute atomic E-state index is 0.0744. The molecule has 2 aromatic carbocycles. The summed E-state index contributed by atoms with van der Waals surface area (Å²) in [6, 6.07) is 16.2. The van der Waals surface area contributed by atoms with E-state index in [0.29, 0.717) is 10.6 Å². The first-order valence-electron chi connectivity index (χ1n) is 9.62. The van der Waals surface area contributed by atoms with Crippen LogP contribution in [0, 0.1) is 6.92 Å². The molecule has 0 aliphatic rings. The molecule has 0 aliphatic carbocycles. The van der Waals surface area contributed by atoms with Crippen molar-refractivity contribution in [3.8, 4) is 0 Å². The second-order valence-corrected chi connectivity index (χ2v) is 7.52. The number of aromatic nitrogens is 1. The fourth-order valence-electron chi connectivity index (χ4n) is 3.20. The summed E-state index contributed by atoms with van der Waals surface area (Å²) < 4.78 is 1.44. The van der Waals surface area contributed by atoms with E-state index in [9.17, 15) is 19.5 Å². The van der Waals surface area contributed by atoms with Gasteiger partial charge in [0.25, 0.3) is 5.56 Å². The van der Waals surface area contributed by atoms with Crippen molar-refractivity contribution in [1.82, 2.24) is 9.88 Å². The van der Waals surface area contributed by atoms with Crippen LogP contribution in [0.3, 0.4) is 0 Å². The molecule has 0 saturated heterocycles. The number of carboxylic acids is 1. The number of nitrogens with one attached hydrogen (secondary N) is 2. The Morgan fingerprint density at radius 1 is 1.10 bits per heavy atom. The topological polar surface area (TPSA) is 100 Å². The summed E-state index contributed by atoms with van der Waals surface area (Å²) in [5, 5.41) is 14.9. The number of aliphatic carboxylic acids is 1. The standard InChI is InChI=1S/C23H22ClN3O4/c1-15-6-4-8-16(12-15)20(13-21(28)29)26-23(31)25-19-10-5-11-27(22(19)30)14-17-7-2-3-9-18(17)24/h2-12,20H,13-14H2,1H3,(H,28,29)(H2,25,26,31)/t20-/m0/s1. The van der Waals surface area contributed by atoms with E-state index in [2.05, 4.69) is 10.6 Å². The molecule has 8 heteroatoms. The summed E-state index contributed by atoms with van der Waals surface area (Å²) in [6.45, 7) is 2.13. The van der Waals surface area contributed by atoms with Crippen LogP contribution in [-0.4, -0.2) is 21.7 Å². The van der Waals surface area contributed by atoms with Crippen LogP contribution in [0.15, 0.2) is 71.7 Å². The van der Waals surface area contributed by atoms with Crippen molar-refractivity contribution in [1.29, 1.82) is 0 Å². The smallest absolute Gasteiger partial charge is 0.319 e. The van der Waals surface area contributed by atoms with Crippen molar-refractivity contribution in [2.45, 2.75) is 25.9 Å². The zero-order valence-corrected chi connectivity index (χ0v) is 17.6. The first-order valence-corrected chi connectivity index (χ1v) is 10.00. The molecule has 0 spiro atoms. The van der Waals surface area contributed by atoms with E-state index in [-0.39, 0.29) is 18.7 Å². The van der Waals surface area contributed by atoms with Gasteiger partial charge in [0.15, 0.2) is 0 Å². The largest absolute Gasteiger partial charge is 0.481 e. The van der Waals surface area contributed by atoms with Crippen LogP contribution in [0.4, 0.5) is 10.5 Å². The van der Waals surface area contributed by atoms with Gasteiger partial charge in [0, 0.05) is 11.2 Å². The predicted molar refractivity (Wildman–Crippen MR) is 120 cm³/mol. The van der Waals surface area contributed by atoms with Crippen LogP contribution in [0.1, 0.15) is 29.2 Å². The first-order chi connectivity index (χ1) is 14.8. The molecule has 0 unspecified atom stereocenters. The van der Waals surface area contributed by atoms with Gasteiger partial charge in [0.1, 0.15) is 5.69 Å². The average Bonchev–Trinajstić information content (AvgIpc) is 2.72. The number of halogens is 1. The molecule has 3 aromatic rings. The van der Waals surface area contributed by atoms with Gasteiger partial charge in [0.05, 0.1) is 19.0 Å². The zero-order valence-electron chi connectivity index (χ0n) is 16.8. The number of aryl methyl sites for hydroxylation is 1. The summed E-state index contributed by atoms with van der Waals surface area (Å²) in [4.78, 5) is 36.6. The Labute approximate surface area is 184 Å². The molecule has 0 aliphatic heterocycles. The Hall–Kier alpha value is -3.58. The van der Waals surface area contributed by atoms with Crippen molar-refractivity contribution < 1.29 is 14.7 Å². The van der Waals surface area contributed by atoms with Crippen LogP contribution >= 0.6 is 11.6 Å². The lowest BCUT2D eigenvalue weighted by atomic mass is 10.0. The van der Waals surface area contributed by atoms with Gasteiger partial charge in [-0.3, -0.25) is 9.59 Å². The van der Waals surface area contributed by atoms with Gasteiger partial charge < -0.3 is 20.3 Å². The number of urea groups is 1. The van der Waals surface area contributed by atoms with E-state index < -0.39 is 23.6 Å². The maximum atomic E-state index is 12.8. The fraction of sp³-hybridized carbons (Fsp3) is 0.174. The van der Waals surface area contributed by atoms with Crippen molar-refractivity contribution in [2.75, 3.05) is 5.32 Å². The number of pyridine rings is 1. The van der Waals surface area contributed by atoms with E-state index in [0.717, 1.165) is 11.1 Å². The summed E-state index contributed by atoms with van der Waals surface area (Å²) in [5.41, 5.74) is 2.06. The highest BCUT2D eigenvalue weighted by Gasteiger charge is 2.19. The molecule has 1 atom stereocenters. The molecule has 2 amide bonds. The SMILES string of the molecule is Cc1cccc([C@H](CC(=O)O)NC(=O)Nc2cccn(Cc3ccccc3Cl)c2=O)c1. The Bertz CT molecular complexity index is 1160. The molecule has 0 saturated carbocycles. The number of benzene rings is 2. The third-order valence-corrected chi connectivity index (χ3v) is 5.06. The fourth-order valence-corrected chi connectivity index (χ4v) is 3.39. The summed E-state index contributed by atoms with van der Waals surface area (Å²) in [6.07, 6.45) is 1.32. The lowest BCUT2D eigenvalue weighted by molar-refractivity contribution is -0.137. The number of carbonyl (C=O) groups excluding carboxylic acids is 1. The number of carboxylic acid groups (broad SMARTS) is 1. The quantitative estimate of drug-likeness (QED) is 0.513. The number of anilines is 1. The highest BCUT2D eigenvalue weighted by Crippen LogP contribution is 2.19. The minimum Gasteiger partial charge on any atom is -0.481 e. The second kappa shape index (κ2) is 9.95. The Kier molecular flexibility index (Phi) is 7.10. The third-order valence-electron chi connectivity index (χ3n) is 4.70. The van der Waals surface area contributed by atoms with Gasteiger partial charge >= 0.3 is 12.0 Å². The molecule has 0 bridgehead atoms. The van der Waals surface area contributed by atoms with Crippen LogP contribution < -0.4 is 16.2 Å². The van der Waals surface area contributed by atoms with Gasteiger partial charge in [-0.1, -0.05) is 59.6 Å². The van der Waals surface area contributed by atoms with Crippen LogP contribution in [0.25, 0.3) is 0 Å². The molecule has 7 nitrogen and oxygen atoms in total. The molecular weight excluding hydrogens is 418 g/mol. The van der Waals surface area contributed by atoms with E-state index in [4.69, 9.17) is 11.6 Å². The highest BCUT2D eigenvalue weighted by molar-refractivity contribution is 6.31. The molecule has 0 radical (unpaired) electrons. The Morgan fingerprint density at radius 2 is 1.87 bits per heavy atom. The third kappa shape index (κ3) is 5.96. The minimum atomic E-state index is -1.05. The Morgan fingerprint density at radius 3 is 2.58 bits per heavy atom. The maximum Gasteiger partial charge on any atom is 0.319 e. The molecule has 160 valence electrons. The molecule has 1 heterocycles. The van der Waals surface area contributed by atoms with Gasteiger partial charge in [-0.15, -0.1) is 0 Å². The van der Waals surface area contributed by atoms with Crippen LogP contribution in [0.5, 0.6) is 0 Å². The number of hydrogen-bond donors (Lipinski definition) is 3. The number of nitrogens with zero attached hydrogens (tertiary/aromatic N) is 1. The van der Waals surface area contributed by atoms with E-state index >= 15 is 0 Å². The molecule has 0 fully saturated rings. The van der Waals surface area contributed by atoms with Crippen molar-refractivity contribution in [2.24, 2.45) is 0 Å². The van der Waals surface area contributed by atoms with Crippen molar-refractivity contribution in [3.63, 3.8) is 0 Å². The van der Waals surface area contributed by atoms with Crippen LogP contribution in [0.2, 0.25) is 5.02 Å². The van der Waals surface area contributed by atoms with Crippen molar-refractivity contribution >= 4 is 29.3 Å². The van der Waals surface area contributed by atoms with Crippen molar-refractivity contribution in [3.05, 3.63) is 98.9 Å². The average molecular weight is 440 g/mol. The highest BCUT2D eigenvalue weighted by atomic mass is 35.5. The lowest BCUT2D eigenvalue weighted by Crippen LogP contribution is -2.36. The monoisotopic (exact) mass is 439 g/mol. The molecule has 1 aromatic heterocycles. The number of rotatable bonds is 7. The zero-order chi connectivity index (χ0) is 22.4. The lowest BCUT2D eigenvalue weighted by Gasteiger charge is -2.18. The van der Waals surface area contributed by atoms with E-state index in [1.54, 1.807) is 36.5 Å². The number of carbonyl (C=O) groups is 2. The van der Waals surface area contributed by atoms with E-state index in [1.165, 1.54) is 10.6 Å². The number of amides is 2. The molecular formula is C23H22ClN3O4. The molecule has 31 heavy (non-hydrogen) atoms. The Balaban J connectivity index is 1.77. The van der Waals surface area contributed by atoms with Gasteiger partial charge in [-0.2, -0.15) is 0 Å². The van der Waals surface area contributed by atoms with Gasteiger partial charge in [-0.05, 0) is 36.2 Å². The predicted octanol–water partition coefficient (Wildman–Crippen LogP) is 4.20. The van der Waals surface area contributed by atoms with Crippen LogP contribution in [-0.2, 0) is 11.3 Å². The van der Waals surface area contributed by atoms with E-state index in [1.807, 2.05) is 31.2 Å². The second-order valence-electron chi connectivity index (χ2n) is 7.11. The summed E-state index contributed by atoms with van der Waals surface area (Å²) in [7, 11) is 0. The van der Waals surface area contributed by atoms with Gasteiger partial charge in [0.2, 0.25) is 0 Å². The van der Waals surface area contributed by atoms with Gasteiger partial charge in [-0.25, -0.2) is 4.79 Å². The summed E-state index contributed by atoms with van der Waals surface area (Å²) >= 11 is 6.18.